The number of amides is 1. The molecule has 0 fully saturated rings. The van der Waals surface area contributed by atoms with Gasteiger partial charge in [-0.25, -0.2) is 4.79 Å². The molecule has 0 heterocycles. The molecule has 0 bridgehead atoms. The zero-order chi connectivity index (χ0) is 12.2. The quantitative estimate of drug-likeness (QED) is 0.452. The molecule has 0 aliphatic carbocycles. The van der Waals surface area contributed by atoms with Crippen molar-refractivity contribution in [1.82, 2.24) is 4.90 Å². The van der Waals surface area contributed by atoms with Gasteiger partial charge in [0.25, 0.3) is 0 Å². The van der Waals surface area contributed by atoms with Crippen LogP contribution in [0.1, 0.15) is 59.7 Å². The number of ether oxygens (including phenoxy) is 1. The van der Waals surface area contributed by atoms with E-state index in [0.717, 1.165) is 6.42 Å². The van der Waals surface area contributed by atoms with Crippen molar-refractivity contribution in [2.24, 2.45) is 0 Å². The molecule has 0 aromatic rings. The summed E-state index contributed by atoms with van der Waals surface area (Å²) in [5.41, 5.74) is 0. The largest absolute Gasteiger partial charge is 1.00 e. The van der Waals surface area contributed by atoms with Gasteiger partial charge in [0.1, 0.15) is 0 Å². The molecule has 0 spiro atoms. The minimum atomic E-state index is -0.233. The van der Waals surface area contributed by atoms with E-state index in [0.29, 0.717) is 6.61 Å². The van der Waals surface area contributed by atoms with Crippen LogP contribution < -0.4 is 29.6 Å². The smallest absolute Gasteiger partial charge is 1.00 e. The second-order valence-electron chi connectivity index (χ2n) is 4.48. The molecule has 0 aliphatic rings. The molecule has 0 aliphatic heterocycles. The Morgan fingerprint density at radius 3 is 1.94 bits per heavy atom. The van der Waals surface area contributed by atoms with Crippen LogP contribution in [-0.2, 0) is 4.74 Å². The van der Waals surface area contributed by atoms with Gasteiger partial charge in [-0.1, -0.05) is 51.9 Å². The zero-order valence-corrected chi connectivity index (χ0v) is 14.1. The molecule has 0 rings (SSSR count). The van der Waals surface area contributed by atoms with E-state index in [1.54, 1.807) is 14.1 Å². The van der Waals surface area contributed by atoms with E-state index in [4.69, 9.17) is 4.74 Å². The van der Waals surface area contributed by atoms with Crippen LogP contribution in [0.25, 0.3) is 0 Å². The van der Waals surface area contributed by atoms with Crippen molar-refractivity contribution in [2.75, 3.05) is 20.7 Å². The van der Waals surface area contributed by atoms with Crippen LogP contribution in [0.15, 0.2) is 0 Å². The van der Waals surface area contributed by atoms with E-state index >= 15 is 0 Å². The molecule has 1 amide bonds. The Balaban J connectivity index is -0.00000112. The Bertz CT molecular complexity index is 180. The average molecular weight is 253 g/mol. The summed E-state index contributed by atoms with van der Waals surface area (Å²) in [4.78, 5) is 12.5. The predicted molar refractivity (Wildman–Crippen MR) is 68.8 cm³/mol. The maximum absolute atomic E-state index is 11.1. The number of rotatable bonds is 9. The van der Waals surface area contributed by atoms with Crippen molar-refractivity contribution in [2.45, 2.75) is 58.3 Å². The third-order valence-corrected chi connectivity index (χ3v) is 2.59. The third kappa shape index (κ3) is 14.2. The molecule has 0 aromatic heterocycles. The van der Waals surface area contributed by atoms with E-state index in [2.05, 4.69) is 6.92 Å². The van der Waals surface area contributed by atoms with Gasteiger partial charge in [0.2, 0.25) is 0 Å². The van der Waals surface area contributed by atoms with Crippen LogP contribution in [-0.4, -0.2) is 31.7 Å². The standard InChI is InChI=1S/C13H27NO2.Na.H/c1-4-5-6-7-8-9-10-11-12-16-13(15)14(2)3;;/h4-12H2,1-3H3;;/q;+1;-1. The van der Waals surface area contributed by atoms with Crippen molar-refractivity contribution in [3.05, 3.63) is 0 Å². The summed E-state index contributed by atoms with van der Waals surface area (Å²) < 4.78 is 5.04. The maximum Gasteiger partial charge on any atom is 1.00 e. The van der Waals surface area contributed by atoms with Crippen LogP contribution in [0.4, 0.5) is 4.79 Å². The minimum absolute atomic E-state index is 0. The van der Waals surface area contributed by atoms with Gasteiger partial charge in [-0.05, 0) is 6.42 Å². The Morgan fingerprint density at radius 1 is 1.00 bits per heavy atom. The summed E-state index contributed by atoms with van der Waals surface area (Å²) in [6, 6.07) is 0. The second kappa shape index (κ2) is 14.3. The van der Waals surface area contributed by atoms with Crippen molar-refractivity contribution < 1.29 is 40.5 Å². The van der Waals surface area contributed by atoms with Crippen LogP contribution >= 0.6 is 0 Å². The molecular weight excluding hydrogens is 225 g/mol. The van der Waals surface area contributed by atoms with Gasteiger partial charge >= 0.3 is 35.7 Å². The number of carbonyl (C=O) groups excluding carboxylic acids is 1. The minimum Gasteiger partial charge on any atom is -1.00 e. The molecule has 0 N–H and O–H groups in total. The first-order valence-electron chi connectivity index (χ1n) is 6.52. The van der Waals surface area contributed by atoms with E-state index < -0.39 is 0 Å². The molecule has 0 saturated heterocycles. The number of nitrogens with zero attached hydrogens (tertiary/aromatic N) is 1. The maximum atomic E-state index is 11.1. The first-order valence-corrected chi connectivity index (χ1v) is 6.52. The fourth-order valence-corrected chi connectivity index (χ4v) is 1.52. The van der Waals surface area contributed by atoms with Gasteiger partial charge in [0, 0.05) is 14.1 Å². The second-order valence-corrected chi connectivity index (χ2v) is 4.48. The van der Waals surface area contributed by atoms with Crippen LogP contribution in [0.5, 0.6) is 0 Å². The molecule has 4 heteroatoms. The molecule has 0 radical (unpaired) electrons. The summed E-state index contributed by atoms with van der Waals surface area (Å²) in [5.74, 6) is 0. The molecule has 0 aromatic carbocycles. The van der Waals surface area contributed by atoms with Gasteiger partial charge in [0.05, 0.1) is 6.61 Å². The molecule has 0 atom stereocenters. The summed E-state index contributed by atoms with van der Waals surface area (Å²) in [7, 11) is 3.41. The molecule has 3 nitrogen and oxygen atoms in total. The van der Waals surface area contributed by atoms with E-state index in [9.17, 15) is 4.79 Å². The summed E-state index contributed by atoms with van der Waals surface area (Å²) >= 11 is 0. The van der Waals surface area contributed by atoms with Gasteiger partial charge < -0.3 is 11.1 Å². The van der Waals surface area contributed by atoms with Crippen molar-refractivity contribution in [3.8, 4) is 0 Å². The Hall–Kier alpha value is 0.270. The Morgan fingerprint density at radius 2 is 1.47 bits per heavy atom. The number of hydrogen-bond acceptors (Lipinski definition) is 2. The van der Waals surface area contributed by atoms with Crippen molar-refractivity contribution in [3.63, 3.8) is 0 Å². The van der Waals surface area contributed by atoms with Gasteiger partial charge in [0.15, 0.2) is 0 Å². The first-order chi connectivity index (χ1) is 7.68. The van der Waals surface area contributed by atoms with Gasteiger partial charge in [-0.2, -0.15) is 0 Å². The Kier molecular flexibility index (Phi) is 16.5. The van der Waals surface area contributed by atoms with Crippen LogP contribution in [0.3, 0.4) is 0 Å². The zero-order valence-electron chi connectivity index (χ0n) is 13.1. The monoisotopic (exact) mass is 253 g/mol. The van der Waals surface area contributed by atoms with Crippen molar-refractivity contribution >= 4 is 6.09 Å². The normalized spacial score (nSPS) is 9.59. The average Bonchev–Trinajstić information content (AvgIpc) is 2.26. The molecular formula is C13H28NNaO2. The number of unbranched alkanes of at least 4 members (excludes halogenated alkanes) is 7. The number of carbonyl (C=O) groups is 1. The van der Waals surface area contributed by atoms with E-state index in [1.807, 2.05) is 0 Å². The fraction of sp³-hybridized carbons (Fsp3) is 0.923. The van der Waals surface area contributed by atoms with E-state index in [1.165, 1.54) is 49.8 Å². The number of hydrogen-bond donors (Lipinski definition) is 0. The molecule has 17 heavy (non-hydrogen) atoms. The Labute approximate surface area is 130 Å². The SMILES string of the molecule is CCCCCCCCCCOC(=O)N(C)C.[H-].[Na+]. The summed E-state index contributed by atoms with van der Waals surface area (Å²) in [6.45, 7) is 2.80. The predicted octanol–water partition coefficient (Wildman–Crippen LogP) is 0.942. The molecule has 0 saturated carbocycles. The summed E-state index contributed by atoms with van der Waals surface area (Å²) in [5, 5.41) is 0. The molecule has 98 valence electrons. The third-order valence-electron chi connectivity index (χ3n) is 2.59. The van der Waals surface area contributed by atoms with Crippen molar-refractivity contribution in [1.29, 1.82) is 0 Å². The van der Waals surface area contributed by atoms with Crippen LogP contribution in [0, 0.1) is 0 Å². The first kappa shape index (κ1) is 19.6. The van der Waals surface area contributed by atoms with Crippen LogP contribution in [0.2, 0.25) is 0 Å². The molecule has 0 unspecified atom stereocenters. The van der Waals surface area contributed by atoms with E-state index in [-0.39, 0.29) is 37.1 Å². The van der Waals surface area contributed by atoms with Gasteiger partial charge in [-0.3, -0.25) is 0 Å². The topological polar surface area (TPSA) is 29.5 Å². The fourth-order valence-electron chi connectivity index (χ4n) is 1.52. The van der Waals surface area contributed by atoms with Gasteiger partial charge in [-0.15, -0.1) is 0 Å². The summed E-state index contributed by atoms with van der Waals surface area (Å²) in [6.07, 6.45) is 9.91.